The Bertz CT molecular complexity index is 447. The second kappa shape index (κ2) is 8.05. The molecule has 21 heavy (non-hydrogen) atoms. The molecule has 1 aliphatic rings. The lowest BCUT2D eigenvalue weighted by Crippen LogP contribution is -2.27. The van der Waals surface area contributed by atoms with Crippen LogP contribution >= 0.6 is 11.6 Å². The van der Waals surface area contributed by atoms with Crippen LogP contribution < -0.4 is 10.1 Å². The van der Waals surface area contributed by atoms with Gasteiger partial charge < -0.3 is 10.1 Å². The fourth-order valence-corrected chi connectivity index (χ4v) is 3.26. The molecular formula is C18H28ClNO. The van der Waals surface area contributed by atoms with Crippen LogP contribution in [0.1, 0.15) is 58.4 Å². The van der Waals surface area contributed by atoms with E-state index in [1.165, 1.54) is 25.7 Å². The molecule has 2 rings (SSSR count). The molecule has 0 spiro atoms. The van der Waals surface area contributed by atoms with Gasteiger partial charge in [0, 0.05) is 18.2 Å². The maximum Gasteiger partial charge on any atom is 0.142 e. The van der Waals surface area contributed by atoms with Crippen molar-refractivity contribution in [3.63, 3.8) is 0 Å². The van der Waals surface area contributed by atoms with Gasteiger partial charge in [-0.15, -0.1) is 0 Å². The summed E-state index contributed by atoms with van der Waals surface area (Å²) in [6.45, 7) is 7.38. The molecule has 1 aromatic rings. The molecule has 1 saturated carbocycles. The minimum absolute atomic E-state index is 0.321. The van der Waals surface area contributed by atoms with E-state index < -0.39 is 0 Å². The first-order chi connectivity index (χ1) is 10.1. The monoisotopic (exact) mass is 309 g/mol. The van der Waals surface area contributed by atoms with Crippen molar-refractivity contribution in [2.75, 3.05) is 0 Å². The Morgan fingerprint density at radius 2 is 2.14 bits per heavy atom. The number of halogens is 1. The molecule has 0 saturated heterocycles. The molecule has 0 bridgehead atoms. The minimum Gasteiger partial charge on any atom is -0.489 e. The quantitative estimate of drug-likeness (QED) is 0.781. The summed E-state index contributed by atoms with van der Waals surface area (Å²) in [4.78, 5) is 0. The normalized spacial score (nSPS) is 22.5. The fourth-order valence-electron chi connectivity index (χ4n) is 3.02. The van der Waals surface area contributed by atoms with Crippen LogP contribution in [0.2, 0.25) is 5.02 Å². The molecule has 1 N–H and O–H groups in total. The largest absolute Gasteiger partial charge is 0.489 e. The van der Waals surface area contributed by atoms with Crippen LogP contribution in [0.4, 0.5) is 0 Å². The number of nitrogens with one attached hydrogen (secondary N) is 1. The highest BCUT2D eigenvalue weighted by atomic mass is 35.5. The maximum absolute atomic E-state index is 6.38. The highest BCUT2D eigenvalue weighted by molar-refractivity contribution is 6.32. The predicted molar refractivity (Wildman–Crippen MR) is 90.1 cm³/mol. The third kappa shape index (κ3) is 4.89. The molecule has 1 aliphatic carbocycles. The standard InChI is InChI=1S/C18H28ClNO/c1-4-14-7-5-9-16(11-14)21-18-15(12-20-13(2)3)8-6-10-17(18)19/h6,8,10,13-14,16,20H,4-5,7,9,11-12H2,1-3H3. The Morgan fingerprint density at radius 1 is 1.33 bits per heavy atom. The molecule has 0 radical (unpaired) electrons. The van der Waals surface area contributed by atoms with Crippen molar-refractivity contribution >= 4 is 11.6 Å². The number of hydrogen-bond donors (Lipinski definition) is 1. The van der Waals surface area contributed by atoms with Crippen LogP contribution in [0.5, 0.6) is 5.75 Å². The summed E-state index contributed by atoms with van der Waals surface area (Å²) in [6.07, 6.45) is 6.51. The Morgan fingerprint density at radius 3 is 2.86 bits per heavy atom. The van der Waals surface area contributed by atoms with Crippen molar-refractivity contribution in [2.45, 2.75) is 71.6 Å². The average Bonchev–Trinajstić information content (AvgIpc) is 2.48. The van der Waals surface area contributed by atoms with Gasteiger partial charge in [0.1, 0.15) is 5.75 Å². The van der Waals surface area contributed by atoms with E-state index >= 15 is 0 Å². The third-order valence-electron chi connectivity index (χ3n) is 4.35. The molecule has 1 aromatic carbocycles. The van der Waals surface area contributed by atoms with E-state index in [1.807, 2.05) is 12.1 Å². The lowest BCUT2D eigenvalue weighted by Gasteiger charge is -2.30. The topological polar surface area (TPSA) is 21.3 Å². The lowest BCUT2D eigenvalue weighted by molar-refractivity contribution is 0.121. The van der Waals surface area contributed by atoms with E-state index in [1.54, 1.807) is 0 Å². The highest BCUT2D eigenvalue weighted by Crippen LogP contribution is 2.34. The summed E-state index contributed by atoms with van der Waals surface area (Å²) in [5.41, 5.74) is 1.16. The van der Waals surface area contributed by atoms with Crippen molar-refractivity contribution in [2.24, 2.45) is 5.92 Å². The van der Waals surface area contributed by atoms with Crippen LogP contribution in [-0.2, 0) is 6.54 Å². The number of hydrogen-bond acceptors (Lipinski definition) is 2. The molecule has 118 valence electrons. The van der Waals surface area contributed by atoms with Crippen molar-refractivity contribution in [3.05, 3.63) is 28.8 Å². The molecule has 0 aliphatic heterocycles. The second-order valence-electron chi connectivity index (χ2n) is 6.44. The van der Waals surface area contributed by atoms with Crippen LogP contribution in [0, 0.1) is 5.92 Å². The molecule has 0 heterocycles. The van der Waals surface area contributed by atoms with E-state index in [4.69, 9.17) is 16.3 Å². The van der Waals surface area contributed by atoms with Gasteiger partial charge in [0.05, 0.1) is 11.1 Å². The van der Waals surface area contributed by atoms with E-state index in [9.17, 15) is 0 Å². The molecule has 2 unspecified atom stereocenters. The highest BCUT2D eigenvalue weighted by Gasteiger charge is 2.23. The number of benzene rings is 1. The molecule has 2 atom stereocenters. The number of ether oxygens (including phenoxy) is 1. The summed E-state index contributed by atoms with van der Waals surface area (Å²) in [7, 11) is 0. The molecule has 2 nitrogen and oxygen atoms in total. The van der Waals surface area contributed by atoms with E-state index in [2.05, 4.69) is 32.2 Å². The van der Waals surface area contributed by atoms with Crippen molar-refractivity contribution in [3.8, 4) is 5.75 Å². The third-order valence-corrected chi connectivity index (χ3v) is 4.64. The van der Waals surface area contributed by atoms with Crippen molar-refractivity contribution < 1.29 is 4.74 Å². The molecule has 0 aromatic heterocycles. The maximum atomic E-state index is 6.38. The molecule has 0 amide bonds. The van der Waals surface area contributed by atoms with E-state index in [0.29, 0.717) is 12.1 Å². The zero-order chi connectivity index (χ0) is 15.2. The van der Waals surface area contributed by atoms with Gasteiger partial charge in [-0.3, -0.25) is 0 Å². The van der Waals surface area contributed by atoms with Gasteiger partial charge in [0.15, 0.2) is 0 Å². The summed E-state index contributed by atoms with van der Waals surface area (Å²) in [5, 5.41) is 4.18. The zero-order valence-corrected chi connectivity index (χ0v) is 14.2. The number of rotatable bonds is 6. The Hall–Kier alpha value is -0.730. The van der Waals surface area contributed by atoms with E-state index in [-0.39, 0.29) is 0 Å². The summed E-state index contributed by atoms with van der Waals surface area (Å²) >= 11 is 6.38. The summed E-state index contributed by atoms with van der Waals surface area (Å²) in [5.74, 6) is 1.69. The molecule has 1 fully saturated rings. The Balaban J connectivity index is 2.07. The Kier molecular flexibility index (Phi) is 6.38. The number of para-hydroxylation sites is 1. The van der Waals surface area contributed by atoms with Gasteiger partial charge in [-0.1, -0.05) is 57.3 Å². The lowest BCUT2D eigenvalue weighted by atomic mass is 9.85. The second-order valence-corrected chi connectivity index (χ2v) is 6.85. The van der Waals surface area contributed by atoms with Crippen LogP contribution in [0.25, 0.3) is 0 Å². The van der Waals surface area contributed by atoms with Crippen molar-refractivity contribution in [1.29, 1.82) is 0 Å². The van der Waals surface area contributed by atoms with Gasteiger partial charge in [-0.2, -0.15) is 0 Å². The fraction of sp³-hybridized carbons (Fsp3) is 0.667. The van der Waals surface area contributed by atoms with Crippen molar-refractivity contribution in [1.82, 2.24) is 5.32 Å². The SMILES string of the molecule is CCC1CCCC(Oc2c(Cl)cccc2CNC(C)C)C1. The first kappa shape index (κ1) is 16.6. The first-order valence-corrected chi connectivity index (χ1v) is 8.65. The summed E-state index contributed by atoms with van der Waals surface area (Å²) < 4.78 is 6.31. The summed E-state index contributed by atoms with van der Waals surface area (Å²) in [6, 6.07) is 6.49. The van der Waals surface area contributed by atoms with Gasteiger partial charge in [-0.05, 0) is 31.2 Å². The molecular weight excluding hydrogens is 282 g/mol. The van der Waals surface area contributed by atoms with Gasteiger partial charge in [0.25, 0.3) is 0 Å². The van der Waals surface area contributed by atoms with Gasteiger partial charge in [0.2, 0.25) is 0 Å². The smallest absolute Gasteiger partial charge is 0.142 e. The predicted octanol–water partition coefficient (Wildman–Crippen LogP) is 5.19. The van der Waals surface area contributed by atoms with Crippen LogP contribution in [-0.4, -0.2) is 12.1 Å². The van der Waals surface area contributed by atoms with Gasteiger partial charge >= 0.3 is 0 Å². The Labute approximate surface area is 134 Å². The minimum atomic E-state index is 0.321. The first-order valence-electron chi connectivity index (χ1n) is 8.27. The van der Waals surface area contributed by atoms with Crippen LogP contribution in [0.3, 0.4) is 0 Å². The average molecular weight is 310 g/mol. The molecule has 3 heteroatoms. The van der Waals surface area contributed by atoms with Crippen LogP contribution in [0.15, 0.2) is 18.2 Å². The zero-order valence-electron chi connectivity index (χ0n) is 13.5. The van der Waals surface area contributed by atoms with Gasteiger partial charge in [-0.25, -0.2) is 0 Å². The van der Waals surface area contributed by atoms with E-state index in [0.717, 1.165) is 35.2 Å².